The van der Waals surface area contributed by atoms with Gasteiger partial charge in [0.2, 0.25) is 0 Å². The van der Waals surface area contributed by atoms with Crippen molar-refractivity contribution in [2.24, 2.45) is 0 Å². The molecule has 1 rings (SSSR count). The Hall–Kier alpha value is -0.870. The van der Waals surface area contributed by atoms with E-state index in [4.69, 9.17) is 0 Å². The molecule has 0 fully saturated rings. The van der Waals surface area contributed by atoms with E-state index in [-0.39, 0.29) is 17.5 Å². The molecule has 0 spiro atoms. The van der Waals surface area contributed by atoms with Crippen molar-refractivity contribution < 1.29 is 10.2 Å². The fourth-order valence-corrected chi connectivity index (χ4v) is 2.79. The lowest BCUT2D eigenvalue weighted by atomic mass is 10.0. The van der Waals surface area contributed by atoms with Gasteiger partial charge in [0.25, 0.3) is 0 Å². The fraction of sp³-hybridized carbons (Fsp3) is 0.571. The van der Waals surface area contributed by atoms with Crippen LogP contribution in [0.15, 0.2) is 18.2 Å². The van der Waals surface area contributed by atoms with Gasteiger partial charge in [0.1, 0.15) is 11.5 Å². The van der Waals surface area contributed by atoms with E-state index in [0.717, 1.165) is 17.9 Å². The molecular weight excluding hydrogens is 246 g/mol. The smallest absolute Gasteiger partial charge is 0.124 e. The molecule has 4 heteroatoms. The van der Waals surface area contributed by atoms with E-state index in [2.05, 4.69) is 19.2 Å². The average molecular weight is 269 g/mol. The Labute approximate surface area is 114 Å². The van der Waals surface area contributed by atoms with Gasteiger partial charge in [-0.05, 0) is 43.9 Å². The molecule has 0 heterocycles. The predicted octanol–water partition coefficient (Wildman–Crippen LogP) is 3.28. The van der Waals surface area contributed by atoms with E-state index >= 15 is 0 Å². The van der Waals surface area contributed by atoms with Crippen LogP contribution in [0.2, 0.25) is 0 Å². The molecule has 0 saturated heterocycles. The number of phenolic OH excluding ortho intramolecular Hbond substituents is 2. The number of rotatable bonds is 7. The molecule has 1 aromatic carbocycles. The van der Waals surface area contributed by atoms with E-state index < -0.39 is 0 Å². The molecule has 3 N–H and O–H groups in total. The summed E-state index contributed by atoms with van der Waals surface area (Å²) in [6.07, 6.45) is 1.08. The number of benzene rings is 1. The maximum atomic E-state index is 9.78. The number of phenols is 2. The zero-order valence-electron chi connectivity index (χ0n) is 11.3. The van der Waals surface area contributed by atoms with Gasteiger partial charge in [-0.25, -0.2) is 0 Å². The molecule has 0 aliphatic carbocycles. The Kier molecular flexibility index (Phi) is 6.36. The molecule has 2 atom stereocenters. The van der Waals surface area contributed by atoms with Gasteiger partial charge >= 0.3 is 0 Å². The largest absolute Gasteiger partial charge is 0.507 e. The summed E-state index contributed by atoms with van der Waals surface area (Å²) in [5, 5.41) is 23.0. The summed E-state index contributed by atoms with van der Waals surface area (Å²) in [5.74, 6) is 2.56. The second-order valence-electron chi connectivity index (χ2n) is 4.48. The van der Waals surface area contributed by atoms with Crippen LogP contribution in [-0.2, 0) is 0 Å². The minimum atomic E-state index is -0.0622. The molecule has 0 aromatic heterocycles. The first-order valence-corrected chi connectivity index (χ1v) is 7.56. The Morgan fingerprint density at radius 1 is 1.22 bits per heavy atom. The van der Waals surface area contributed by atoms with Crippen molar-refractivity contribution in [1.82, 2.24) is 5.32 Å². The standard InChI is InChI=1S/C14H23NO2S/c1-4-18-9-8-10(2)15-11(3)14-12(16)6-5-7-13(14)17/h5-7,10-11,15-17H,4,8-9H2,1-3H3. The van der Waals surface area contributed by atoms with Crippen molar-refractivity contribution in [3.05, 3.63) is 23.8 Å². The Bertz CT molecular complexity index is 351. The van der Waals surface area contributed by atoms with Gasteiger partial charge in [0.05, 0.1) is 5.56 Å². The van der Waals surface area contributed by atoms with Crippen LogP contribution >= 0.6 is 11.8 Å². The van der Waals surface area contributed by atoms with Gasteiger partial charge < -0.3 is 15.5 Å². The van der Waals surface area contributed by atoms with Gasteiger partial charge in [-0.1, -0.05) is 13.0 Å². The monoisotopic (exact) mass is 269 g/mol. The molecule has 102 valence electrons. The number of hydrogen-bond donors (Lipinski definition) is 3. The molecule has 18 heavy (non-hydrogen) atoms. The highest BCUT2D eigenvalue weighted by molar-refractivity contribution is 7.99. The van der Waals surface area contributed by atoms with E-state index in [9.17, 15) is 10.2 Å². The third kappa shape index (κ3) is 4.42. The van der Waals surface area contributed by atoms with Gasteiger partial charge in [-0.2, -0.15) is 11.8 Å². The number of thioether (sulfide) groups is 1. The zero-order valence-corrected chi connectivity index (χ0v) is 12.1. The molecule has 0 saturated carbocycles. The van der Waals surface area contributed by atoms with Crippen molar-refractivity contribution in [3.63, 3.8) is 0 Å². The topological polar surface area (TPSA) is 52.5 Å². The second-order valence-corrected chi connectivity index (χ2v) is 5.88. The summed E-state index contributed by atoms with van der Waals surface area (Å²) in [7, 11) is 0. The highest BCUT2D eigenvalue weighted by Gasteiger charge is 2.16. The van der Waals surface area contributed by atoms with Crippen LogP contribution in [0.5, 0.6) is 11.5 Å². The van der Waals surface area contributed by atoms with Gasteiger partial charge in [0.15, 0.2) is 0 Å². The van der Waals surface area contributed by atoms with Crippen molar-refractivity contribution in [2.45, 2.75) is 39.3 Å². The van der Waals surface area contributed by atoms with E-state index in [0.29, 0.717) is 11.6 Å². The SMILES string of the molecule is CCSCCC(C)NC(C)c1c(O)cccc1O. The molecule has 0 bridgehead atoms. The van der Waals surface area contributed by atoms with Crippen LogP contribution in [-0.4, -0.2) is 27.8 Å². The molecule has 1 aromatic rings. The van der Waals surface area contributed by atoms with Crippen LogP contribution in [0.3, 0.4) is 0 Å². The molecular formula is C14H23NO2S. The maximum absolute atomic E-state index is 9.78. The third-order valence-corrected chi connectivity index (χ3v) is 3.86. The predicted molar refractivity (Wildman–Crippen MR) is 78.4 cm³/mol. The summed E-state index contributed by atoms with van der Waals surface area (Å²) < 4.78 is 0. The molecule has 0 aliphatic heterocycles. The number of aromatic hydroxyl groups is 2. The maximum Gasteiger partial charge on any atom is 0.124 e. The van der Waals surface area contributed by atoms with Crippen LogP contribution in [0.25, 0.3) is 0 Å². The van der Waals surface area contributed by atoms with Gasteiger partial charge in [0, 0.05) is 12.1 Å². The molecule has 2 unspecified atom stereocenters. The van der Waals surface area contributed by atoms with Crippen molar-refractivity contribution in [3.8, 4) is 11.5 Å². The summed E-state index contributed by atoms with van der Waals surface area (Å²) in [4.78, 5) is 0. The second kappa shape index (κ2) is 7.54. The van der Waals surface area contributed by atoms with E-state index in [1.165, 1.54) is 0 Å². The van der Waals surface area contributed by atoms with Crippen molar-refractivity contribution in [2.75, 3.05) is 11.5 Å². The highest BCUT2D eigenvalue weighted by atomic mass is 32.2. The van der Waals surface area contributed by atoms with Crippen LogP contribution in [0.4, 0.5) is 0 Å². The summed E-state index contributed by atoms with van der Waals surface area (Å²) in [6.45, 7) is 6.24. The summed E-state index contributed by atoms with van der Waals surface area (Å²) in [6, 6.07) is 5.14. The lowest BCUT2D eigenvalue weighted by molar-refractivity contribution is 0.402. The van der Waals surface area contributed by atoms with Gasteiger partial charge in [-0.15, -0.1) is 0 Å². The third-order valence-electron chi connectivity index (χ3n) is 2.93. The van der Waals surface area contributed by atoms with Crippen LogP contribution in [0.1, 0.15) is 38.8 Å². The highest BCUT2D eigenvalue weighted by Crippen LogP contribution is 2.32. The van der Waals surface area contributed by atoms with Gasteiger partial charge in [-0.3, -0.25) is 0 Å². The summed E-state index contributed by atoms with van der Waals surface area (Å²) >= 11 is 1.93. The van der Waals surface area contributed by atoms with Crippen molar-refractivity contribution >= 4 is 11.8 Å². The number of nitrogens with one attached hydrogen (secondary N) is 1. The van der Waals surface area contributed by atoms with E-state index in [1.54, 1.807) is 18.2 Å². The molecule has 0 amide bonds. The minimum absolute atomic E-state index is 0.0622. The Balaban J connectivity index is 2.56. The summed E-state index contributed by atoms with van der Waals surface area (Å²) in [5.41, 5.74) is 0.576. The minimum Gasteiger partial charge on any atom is -0.507 e. The Morgan fingerprint density at radius 2 is 1.83 bits per heavy atom. The van der Waals surface area contributed by atoms with Crippen LogP contribution < -0.4 is 5.32 Å². The van der Waals surface area contributed by atoms with Crippen LogP contribution in [0, 0.1) is 0 Å². The average Bonchev–Trinajstić information content (AvgIpc) is 2.29. The molecule has 0 radical (unpaired) electrons. The molecule has 0 aliphatic rings. The van der Waals surface area contributed by atoms with Crippen molar-refractivity contribution in [1.29, 1.82) is 0 Å². The lowest BCUT2D eigenvalue weighted by Gasteiger charge is -2.21. The lowest BCUT2D eigenvalue weighted by Crippen LogP contribution is -2.29. The fourth-order valence-electron chi connectivity index (χ4n) is 1.98. The number of hydrogen-bond acceptors (Lipinski definition) is 4. The van der Waals surface area contributed by atoms with E-state index in [1.807, 2.05) is 18.7 Å². The zero-order chi connectivity index (χ0) is 13.5. The first kappa shape index (κ1) is 15.2. The quantitative estimate of drug-likeness (QED) is 0.665. The first-order valence-electron chi connectivity index (χ1n) is 6.40. The normalized spacial score (nSPS) is 14.4. The molecule has 3 nitrogen and oxygen atoms in total. The Morgan fingerprint density at radius 3 is 2.39 bits per heavy atom. The first-order chi connectivity index (χ1) is 8.56.